The molecule has 0 radical (unpaired) electrons. The average Bonchev–Trinajstić information content (AvgIpc) is 2.36. The first kappa shape index (κ1) is 12.5. The minimum Gasteiger partial charge on any atom is -0.395 e. The summed E-state index contributed by atoms with van der Waals surface area (Å²) in [4.78, 5) is 5.30. The summed E-state index contributed by atoms with van der Waals surface area (Å²) in [7, 11) is 0. The van der Waals surface area contributed by atoms with Gasteiger partial charge >= 0.3 is 0 Å². The molecule has 1 aromatic heterocycles. The molecule has 0 bridgehead atoms. The van der Waals surface area contributed by atoms with E-state index in [1.165, 1.54) is 22.9 Å². The van der Waals surface area contributed by atoms with Crippen LogP contribution in [0.2, 0.25) is 0 Å². The van der Waals surface area contributed by atoms with Crippen molar-refractivity contribution in [1.82, 2.24) is 4.98 Å². The molecule has 0 aliphatic heterocycles. The van der Waals surface area contributed by atoms with Gasteiger partial charge in [-0.1, -0.05) is 17.8 Å². The van der Waals surface area contributed by atoms with Gasteiger partial charge in [-0.15, -0.1) is 0 Å². The highest BCUT2D eigenvalue weighted by atomic mass is 32.2. The summed E-state index contributed by atoms with van der Waals surface area (Å²) in [6.07, 6.45) is 1.61. The molecule has 0 aliphatic carbocycles. The summed E-state index contributed by atoms with van der Waals surface area (Å²) in [5.41, 5.74) is 9.31. The molecule has 0 spiro atoms. The van der Waals surface area contributed by atoms with Crippen molar-refractivity contribution in [2.75, 3.05) is 5.73 Å². The molecule has 2 aromatic rings. The summed E-state index contributed by atoms with van der Waals surface area (Å²) in [6, 6.07) is 9.89. The van der Waals surface area contributed by atoms with Crippen LogP contribution in [0.5, 0.6) is 0 Å². The molecule has 0 fully saturated rings. The van der Waals surface area contributed by atoms with E-state index >= 15 is 0 Å². The van der Waals surface area contributed by atoms with Crippen LogP contribution in [0.25, 0.3) is 0 Å². The van der Waals surface area contributed by atoms with Gasteiger partial charge in [-0.3, -0.25) is 0 Å². The number of nitrogens with zero attached hydrogens (tertiary/aromatic N) is 2. The van der Waals surface area contributed by atoms with Crippen molar-refractivity contribution in [2.24, 2.45) is 0 Å². The van der Waals surface area contributed by atoms with Crippen LogP contribution < -0.4 is 5.73 Å². The van der Waals surface area contributed by atoms with Crippen molar-refractivity contribution in [3.05, 3.63) is 47.2 Å². The Hall–Kier alpha value is -1.99. The van der Waals surface area contributed by atoms with E-state index in [0.29, 0.717) is 16.3 Å². The number of nitrogens with two attached hydrogens (primary N) is 1. The molecule has 0 atom stereocenters. The Kier molecular flexibility index (Phi) is 3.54. The number of hydrogen-bond acceptors (Lipinski definition) is 4. The van der Waals surface area contributed by atoms with Gasteiger partial charge in [-0.2, -0.15) is 5.26 Å². The molecule has 3 nitrogen and oxygen atoms in total. The standard InChI is InChI=1S/C14H13N3S/c1-9-3-4-12(7-10(9)2)18-14-13(16)11(8-15)5-6-17-14/h3-7H,16H2,1-2H3. The third-order valence-electron chi connectivity index (χ3n) is 2.77. The van der Waals surface area contributed by atoms with E-state index in [4.69, 9.17) is 11.0 Å². The molecule has 90 valence electrons. The Morgan fingerprint density at radius 2 is 2.00 bits per heavy atom. The van der Waals surface area contributed by atoms with Gasteiger partial charge in [0.2, 0.25) is 0 Å². The topological polar surface area (TPSA) is 62.7 Å². The van der Waals surface area contributed by atoms with Crippen molar-refractivity contribution < 1.29 is 0 Å². The van der Waals surface area contributed by atoms with E-state index < -0.39 is 0 Å². The fraction of sp³-hybridized carbons (Fsp3) is 0.143. The highest BCUT2D eigenvalue weighted by Crippen LogP contribution is 2.32. The van der Waals surface area contributed by atoms with Gasteiger partial charge in [0, 0.05) is 11.1 Å². The van der Waals surface area contributed by atoms with Gasteiger partial charge in [0.1, 0.15) is 11.1 Å². The molecule has 1 aromatic carbocycles. The lowest BCUT2D eigenvalue weighted by Gasteiger charge is -2.07. The number of aryl methyl sites for hydroxylation is 2. The number of aromatic nitrogens is 1. The van der Waals surface area contributed by atoms with Gasteiger partial charge in [0.25, 0.3) is 0 Å². The molecule has 0 amide bonds. The van der Waals surface area contributed by atoms with Crippen LogP contribution >= 0.6 is 11.8 Å². The van der Waals surface area contributed by atoms with Crippen LogP contribution in [-0.2, 0) is 0 Å². The lowest BCUT2D eigenvalue weighted by molar-refractivity contribution is 1.13. The van der Waals surface area contributed by atoms with Crippen LogP contribution in [0.3, 0.4) is 0 Å². The molecule has 4 heteroatoms. The monoisotopic (exact) mass is 255 g/mol. The predicted molar refractivity (Wildman–Crippen MR) is 73.4 cm³/mol. The summed E-state index contributed by atoms with van der Waals surface area (Å²) in [5.74, 6) is 0. The van der Waals surface area contributed by atoms with Gasteiger partial charge in [0.05, 0.1) is 11.3 Å². The number of hydrogen-bond donors (Lipinski definition) is 1. The Morgan fingerprint density at radius 1 is 1.22 bits per heavy atom. The maximum absolute atomic E-state index is 8.92. The minimum absolute atomic E-state index is 0.447. The van der Waals surface area contributed by atoms with Crippen LogP contribution in [-0.4, -0.2) is 4.98 Å². The fourth-order valence-electron chi connectivity index (χ4n) is 1.52. The van der Waals surface area contributed by atoms with E-state index in [2.05, 4.69) is 37.0 Å². The first-order valence-electron chi connectivity index (χ1n) is 5.51. The van der Waals surface area contributed by atoms with E-state index in [1.807, 2.05) is 6.07 Å². The molecular weight excluding hydrogens is 242 g/mol. The van der Waals surface area contributed by atoms with Crippen molar-refractivity contribution in [3.63, 3.8) is 0 Å². The van der Waals surface area contributed by atoms with E-state index in [1.54, 1.807) is 12.3 Å². The molecule has 2 rings (SSSR count). The highest BCUT2D eigenvalue weighted by Gasteiger charge is 2.08. The molecule has 0 aliphatic rings. The number of nitriles is 1. The number of pyridine rings is 1. The third-order valence-corrected chi connectivity index (χ3v) is 3.78. The quantitative estimate of drug-likeness (QED) is 0.894. The SMILES string of the molecule is Cc1ccc(Sc2nccc(C#N)c2N)cc1C. The van der Waals surface area contributed by atoms with Crippen molar-refractivity contribution in [2.45, 2.75) is 23.8 Å². The zero-order valence-electron chi connectivity index (χ0n) is 10.3. The summed E-state index contributed by atoms with van der Waals surface area (Å²) in [6.45, 7) is 4.15. The predicted octanol–water partition coefficient (Wildman–Crippen LogP) is 3.30. The molecule has 18 heavy (non-hydrogen) atoms. The van der Waals surface area contributed by atoms with Crippen LogP contribution in [0, 0.1) is 25.2 Å². The largest absolute Gasteiger partial charge is 0.395 e. The Balaban J connectivity index is 2.35. The lowest BCUT2D eigenvalue weighted by atomic mass is 10.1. The van der Waals surface area contributed by atoms with Crippen molar-refractivity contribution in [1.29, 1.82) is 5.26 Å². The highest BCUT2D eigenvalue weighted by molar-refractivity contribution is 7.99. The maximum Gasteiger partial charge on any atom is 0.125 e. The van der Waals surface area contributed by atoms with E-state index in [0.717, 1.165) is 4.90 Å². The second-order valence-corrected chi connectivity index (χ2v) is 5.10. The zero-order chi connectivity index (χ0) is 13.1. The van der Waals surface area contributed by atoms with Gasteiger partial charge in [-0.05, 0) is 43.2 Å². The third kappa shape index (κ3) is 2.47. The number of anilines is 1. The molecule has 0 unspecified atom stereocenters. The maximum atomic E-state index is 8.92. The molecule has 0 saturated carbocycles. The fourth-order valence-corrected chi connectivity index (χ4v) is 2.45. The van der Waals surface area contributed by atoms with Crippen molar-refractivity contribution >= 4 is 17.4 Å². The normalized spacial score (nSPS) is 10.1. The lowest BCUT2D eigenvalue weighted by Crippen LogP contribution is -1.95. The molecule has 1 heterocycles. The van der Waals surface area contributed by atoms with Crippen LogP contribution in [0.1, 0.15) is 16.7 Å². The second kappa shape index (κ2) is 5.11. The van der Waals surface area contributed by atoms with Gasteiger partial charge in [0.15, 0.2) is 0 Å². The Morgan fingerprint density at radius 3 is 2.67 bits per heavy atom. The molecule has 2 N–H and O–H groups in total. The smallest absolute Gasteiger partial charge is 0.125 e. The van der Waals surface area contributed by atoms with E-state index in [9.17, 15) is 0 Å². The molecular formula is C14H13N3S. The first-order valence-corrected chi connectivity index (χ1v) is 6.33. The zero-order valence-corrected chi connectivity index (χ0v) is 11.1. The van der Waals surface area contributed by atoms with Crippen molar-refractivity contribution in [3.8, 4) is 6.07 Å². The summed E-state index contributed by atoms with van der Waals surface area (Å²) < 4.78 is 0. The summed E-state index contributed by atoms with van der Waals surface area (Å²) in [5, 5.41) is 9.60. The number of nitrogen functional groups attached to an aromatic ring is 1. The van der Waals surface area contributed by atoms with Crippen LogP contribution in [0.4, 0.5) is 5.69 Å². The molecule has 0 saturated heterocycles. The van der Waals surface area contributed by atoms with E-state index in [-0.39, 0.29) is 0 Å². The number of rotatable bonds is 2. The first-order chi connectivity index (χ1) is 8.61. The van der Waals surface area contributed by atoms with Gasteiger partial charge in [-0.25, -0.2) is 4.98 Å². The Bertz CT molecular complexity index is 629. The summed E-state index contributed by atoms with van der Waals surface area (Å²) >= 11 is 1.48. The van der Waals surface area contributed by atoms with Crippen LogP contribution in [0.15, 0.2) is 40.4 Å². The Labute approximate surface area is 111 Å². The minimum atomic E-state index is 0.447. The number of benzene rings is 1. The van der Waals surface area contributed by atoms with Gasteiger partial charge < -0.3 is 5.73 Å². The average molecular weight is 255 g/mol. The second-order valence-electron chi connectivity index (χ2n) is 4.04.